The number of fused-ring (bicyclic) bond motifs is 1. The van der Waals surface area contributed by atoms with E-state index in [-0.39, 0.29) is 24.4 Å². The molecule has 2 heterocycles. The Morgan fingerprint density at radius 3 is 2.30 bits per heavy atom. The van der Waals surface area contributed by atoms with Crippen LogP contribution in [0.4, 0.5) is 0 Å². The number of hydrogen-bond acceptors (Lipinski definition) is 7. The van der Waals surface area contributed by atoms with Crippen LogP contribution in [0.25, 0.3) is 5.65 Å². The molecule has 9 heteroatoms. The fourth-order valence-electron chi connectivity index (χ4n) is 2.13. The molecule has 0 saturated heterocycles. The van der Waals surface area contributed by atoms with Gasteiger partial charge in [0, 0.05) is 0 Å². The number of nitrogens with zero attached hydrogens (tertiary/aromatic N) is 3. The van der Waals surface area contributed by atoms with Gasteiger partial charge in [-0.15, -0.1) is 0 Å². The van der Waals surface area contributed by atoms with Crippen molar-refractivity contribution in [3.05, 3.63) is 32.9 Å². The van der Waals surface area contributed by atoms with Gasteiger partial charge in [-0.25, -0.2) is 14.6 Å². The number of pyridine rings is 1. The minimum Gasteiger partial charge on any atom is -0.462 e. The van der Waals surface area contributed by atoms with E-state index in [2.05, 4.69) is 10.1 Å². The highest BCUT2D eigenvalue weighted by molar-refractivity contribution is 6.08. The van der Waals surface area contributed by atoms with Crippen molar-refractivity contribution in [3.8, 4) is 6.07 Å². The van der Waals surface area contributed by atoms with Gasteiger partial charge in [-0.3, -0.25) is 9.89 Å². The Balaban J connectivity index is 2.96. The number of carbonyl (C=O) groups excluding carboxylic acids is 2. The molecular weight excluding hydrogens is 304 g/mol. The van der Waals surface area contributed by atoms with Crippen molar-refractivity contribution in [1.82, 2.24) is 14.6 Å². The molecule has 0 amide bonds. The first-order valence-corrected chi connectivity index (χ1v) is 6.85. The molecule has 0 aliphatic rings. The topological polar surface area (TPSA) is 127 Å². The van der Waals surface area contributed by atoms with E-state index in [9.17, 15) is 19.6 Å². The van der Waals surface area contributed by atoms with E-state index < -0.39 is 28.6 Å². The monoisotopic (exact) mass is 318 g/mol. The van der Waals surface area contributed by atoms with Crippen LogP contribution in [0, 0.1) is 18.3 Å². The van der Waals surface area contributed by atoms with Crippen LogP contribution in [-0.2, 0) is 9.47 Å². The molecule has 0 aromatic carbocycles. The number of nitrogens with one attached hydrogen (secondary N) is 1. The highest BCUT2D eigenvalue weighted by atomic mass is 16.5. The highest BCUT2D eigenvalue weighted by Gasteiger charge is 2.31. The van der Waals surface area contributed by atoms with Crippen molar-refractivity contribution in [2.45, 2.75) is 20.8 Å². The van der Waals surface area contributed by atoms with Gasteiger partial charge in [0.15, 0.2) is 5.65 Å². The molecule has 9 nitrogen and oxygen atoms in total. The number of rotatable bonds is 4. The maximum absolute atomic E-state index is 12.3. The Labute approximate surface area is 130 Å². The van der Waals surface area contributed by atoms with E-state index in [0.29, 0.717) is 5.82 Å². The largest absolute Gasteiger partial charge is 0.462 e. The number of aromatic nitrogens is 3. The highest BCUT2D eigenvalue weighted by Crippen LogP contribution is 2.19. The van der Waals surface area contributed by atoms with Crippen molar-refractivity contribution < 1.29 is 19.1 Å². The zero-order valence-electron chi connectivity index (χ0n) is 12.8. The second-order valence-corrected chi connectivity index (χ2v) is 4.45. The summed E-state index contributed by atoms with van der Waals surface area (Å²) >= 11 is 0. The van der Waals surface area contributed by atoms with Crippen LogP contribution in [-0.4, -0.2) is 39.8 Å². The van der Waals surface area contributed by atoms with Crippen LogP contribution in [0.3, 0.4) is 0 Å². The standard InChI is InChI=1S/C14H14N4O5/c1-4-22-13(20)9-8(6-15)12(19)18-11(16-7(3)17-18)10(9)14(21)23-5-2/h4-5H2,1-3H3,(H,16,17). The van der Waals surface area contributed by atoms with Crippen LogP contribution in [0.5, 0.6) is 0 Å². The fourth-order valence-corrected chi connectivity index (χ4v) is 2.13. The molecule has 2 aromatic rings. The summed E-state index contributed by atoms with van der Waals surface area (Å²) in [5.74, 6) is -1.49. The molecule has 1 N–H and O–H groups in total. The summed E-state index contributed by atoms with van der Waals surface area (Å²) in [6.45, 7) is 4.80. The summed E-state index contributed by atoms with van der Waals surface area (Å²) in [5, 5.41) is 11.9. The van der Waals surface area contributed by atoms with E-state index in [1.807, 2.05) is 0 Å². The van der Waals surface area contributed by atoms with Crippen LogP contribution in [0.15, 0.2) is 4.79 Å². The Morgan fingerprint density at radius 1 is 1.22 bits per heavy atom. The lowest BCUT2D eigenvalue weighted by molar-refractivity contribution is 0.0479. The average molecular weight is 318 g/mol. The van der Waals surface area contributed by atoms with Crippen molar-refractivity contribution >= 4 is 17.6 Å². The number of ether oxygens (including phenoxy) is 2. The van der Waals surface area contributed by atoms with Gasteiger partial charge < -0.3 is 9.47 Å². The molecule has 120 valence electrons. The van der Waals surface area contributed by atoms with Crippen LogP contribution < -0.4 is 5.56 Å². The second-order valence-electron chi connectivity index (χ2n) is 4.45. The van der Waals surface area contributed by atoms with Crippen molar-refractivity contribution in [3.63, 3.8) is 0 Å². The van der Waals surface area contributed by atoms with E-state index in [1.165, 1.54) is 0 Å². The minimum absolute atomic E-state index is 0.0188. The third-order valence-corrected chi connectivity index (χ3v) is 2.97. The molecule has 0 bridgehead atoms. The summed E-state index contributed by atoms with van der Waals surface area (Å²) in [6, 6.07) is 1.65. The van der Waals surface area contributed by atoms with Crippen molar-refractivity contribution in [2.75, 3.05) is 13.2 Å². The zero-order valence-corrected chi connectivity index (χ0v) is 12.8. The maximum Gasteiger partial charge on any atom is 0.342 e. The molecule has 0 aliphatic carbocycles. The number of aryl methyl sites for hydroxylation is 1. The Morgan fingerprint density at radius 2 is 1.78 bits per heavy atom. The molecule has 0 saturated carbocycles. The van der Waals surface area contributed by atoms with Gasteiger partial charge in [-0.1, -0.05) is 0 Å². The van der Waals surface area contributed by atoms with E-state index in [4.69, 9.17) is 9.47 Å². The lowest BCUT2D eigenvalue weighted by atomic mass is 10.0. The number of hydrogen-bond donors (Lipinski definition) is 1. The summed E-state index contributed by atoms with van der Waals surface area (Å²) in [7, 11) is 0. The van der Waals surface area contributed by atoms with E-state index in [1.54, 1.807) is 26.8 Å². The maximum atomic E-state index is 12.3. The van der Waals surface area contributed by atoms with Crippen molar-refractivity contribution in [2.24, 2.45) is 0 Å². The molecule has 0 fully saturated rings. The second kappa shape index (κ2) is 6.31. The molecule has 2 aromatic heterocycles. The third-order valence-electron chi connectivity index (χ3n) is 2.97. The lowest BCUT2D eigenvalue weighted by Gasteiger charge is -2.10. The number of nitriles is 1. The van der Waals surface area contributed by atoms with E-state index in [0.717, 1.165) is 4.52 Å². The fraction of sp³-hybridized carbons (Fsp3) is 0.357. The Kier molecular flexibility index (Phi) is 4.45. The molecule has 0 atom stereocenters. The predicted octanol–water partition coefficient (Wildman–Crippen LogP) is 0.556. The number of esters is 2. The molecule has 0 radical (unpaired) electrons. The third kappa shape index (κ3) is 2.66. The zero-order chi connectivity index (χ0) is 17.1. The molecular formula is C14H14N4O5. The molecule has 23 heavy (non-hydrogen) atoms. The summed E-state index contributed by atoms with van der Waals surface area (Å²) in [5.41, 5.74) is -2.09. The SMILES string of the molecule is CCOC(=O)c1c(C#N)c(=O)n2[nH]c(C)nc2c1C(=O)OCC. The van der Waals surface area contributed by atoms with Gasteiger partial charge >= 0.3 is 11.9 Å². The van der Waals surface area contributed by atoms with Gasteiger partial charge in [-0.2, -0.15) is 9.78 Å². The first-order valence-electron chi connectivity index (χ1n) is 6.85. The van der Waals surface area contributed by atoms with Gasteiger partial charge in [-0.05, 0) is 20.8 Å². The van der Waals surface area contributed by atoms with E-state index >= 15 is 0 Å². The first-order chi connectivity index (χ1) is 11.0. The Bertz CT molecular complexity index is 887. The summed E-state index contributed by atoms with van der Waals surface area (Å²) < 4.78 is 10.7. The predicted molar refractivity (Wildman–Crippen MR) is 77.2 cm³/mol. The molecule has 0 spiro atoms. The van der Waals surface area contributed by atoms with Crippen LogP contribution >= 0.6 is 0 Å². The Hall–Kier alpha value is -3.15. The lowest BCUT2D eigenvalue weighted by Crippen LogP contribution is -2.27. The molecule has 0 unspecified atom stereocenters. The quantitative estimate of drug-likeness (QED) is 0.816. The normalized spacial score (nSPS) is 10.3. The minimum atomic E-state index is -0.952. The summed E-state index contributed by atoms with van der Waals surface area (Å²) in [4.78, 5) is 40.8. The van der Waals surface area contributed by atoms with Crippen LogP contribution in [0.1, 0.15) is 46.0 Å². The number of H-pyrrole nitrogens is 1. The average Bonchev–Trinajstić information content (AvgIpc) is 2.89. The molecule has 2 rings (SSSR count). The number of aromatic amines is 1. The van der Waals surface area contributed by atoms with Gasteiger partial charge in [0.05, 0.1) is 13.2 Å². The van der Waals surface area contributed by atoms with Crippen LogP contribution in [0.2, 0.25) is 0 Å². The molecule has 0 aliphatic heterocycles. The number of carbonyl (C=O) groups is 2. The van der Waals surface area contributed by atoms with Gasteiger partial charge in [0.25, 0.3) is 5.56 Å². The summed E-state index contributed by atoms with van der Waals surface area (Å²) in [6.07, 6.45) is 0. The van der Waals surface area contributed by atoms with Crippen molar-refractivity contribution in [1.29, 1.82) is 5.26 Å². The van der Waals surface area contributed by atoms with Gasteiger partial charge in [0.1, 0.15) is 28.6 Å². The van der Waals surface area contributed by atoms with Gasteiger partial charge in [0.2, 0.25) is 0 Å². The smallest absolute Gasteiger partial charge is 0.342 e. The first kappa shape index (κ1) is 16.2.